The summed E-state index contributed by atoms with van der Waals surface area (Å²) in [4.78, 5) is 34.8. The van der Waals surface area contributed by atoms with Crippen molar-refractivity contribution in [2.45, 2.75) is 20.8 Å². The number of nitrogens with one attached hydrogen (secondary N) is 1. The summed E-state index contributed by atoms with van der Waals surface area (Å²) >= 11 is 0. The first-order valence-electron chi connectivity index (χ1n) is 8.34. The van der Waals surface area contributed by atoms with Gasteiger partial charge in [-0.3, -0.25) is 14.9 Å². The van der Waals surface area contributed by atoms with Gasteiger partial charge in [0.05, 0.1) is 30.3 Å². The number of amides is 1. The zero-order chi connectivity index (χ0) is 21.0. The Morgan fingerprint density at radius 2 is 1.79 bits per heavy atom. The molecule has 0 saturated carbocycles. The summed E-state index contributed by atoms with van der Waals surface area (Å²) in [5.74, 6) is -1.59. The van der Waals surface area contributed by atoms with E-state index in [1.54, 1.807) is 26.8 Å². The van der Waals surface area contributed by atoms with Gasteiger partial charge in [-0.25, -0.2) is 4.79 Å². The molecule has 2 rings (SSSR count). The third-order valence-corrected chi connectivity index (χ3v) is 4.07. The van der Waals surface area contributed by atoms with Crippen molar-refractivity contribution in [3.05, 3.63) is 56.6 Å². The van der Waals surface area contributed by atoms with Gasteiger partial charge in [-0.05, 0) is 38.0 Å². The van der Waals surface area contributed by atoms with E-state index in [1.807, 2.05) is 0 Å². The molecule has 28 heavy (non-hydrogen) atoms. The standard InChI is InChI=1S/C19H20N2O7/c1-5-28-17-8-13(15(21(25)26)9-16(17)27-4)18(22)20-14-7-12(19(23)24)10(2)6-11(14)3/h6-9H,5H2,1-4H3,(H,20,22)(H,23,24). The molecule has 0 saturated heterocycles. The number of aryl methyl sites for hydroxylation is 2. The van der Waals surface area contributed by atoms with Crippen LogP contribution in [0.1, 0.15) is 38.8 Å². The second-order valence-corrected chi connectivity index (χ2v) is 5.95. The van der Waals surface area contributed by atoms with Crippen LogP contribution >= 0.6 is 0 Å². The van der Waals surface area contributed by atoms with Crippen LogP contribution < -0.4 is 14.8 Å². The normalized spacial score (nSPS) is 10.3. The summed E-state index contributed by atoms with van der Waals surface area (Å²) in [6.07, 6.45) is 0. The van der Waals surface area contributed by atoms with Gasteiger partial charge in [0.25, 0.3) is 11.6 Å². The highest BCUT2D eigenvalue weighted by Crippen LogP contribution is 2.35. The molecule has 1 amide bonds. The topological polar surface area (TPSA) is 128 Å². The Kier molecular flexibility index (Phi) is 6.19. The molecule has 0 unspecified atom stereocenters. The fraction of sp³-hybridized carbons (Fsp3) is 0.263. The summed E-state index contributed by atoms with van der Waals surface area (Å²) in [7, 11) is 1.34. The lowest BCUT2D eigenvalue weighted by Crippen LogP contribution is -2.16. The maximum Gasteiger partial charge on any atom is 0.336 e. The van der Waals surface area contributed by atoms with E-state index in [9.17, 15) is 24.8 Å². The largest absolute Gasteiger partial charge is 0.493 e. The number of carboxylic acid groups (broad SMARTS) is 1. The van der Waals surface area contributed by atoms with Crippen LogP contribution in [0.3, 0.4) is 0 Å². The molecule has 0 aliphatic rings. The lowest BCUT2D eigenvalue weighted by Gasteiger charge is -2.14. The van der Waals surface area contributed by atoms with Crippen LogP contribution in [0.5, 0.6) is 11.5 Å². The zero-order valence-electron chi connectivity index (χ0n) is 15.9. The molecule has 0 spiro atoms. The summed E-state index contributed by atoms with van der Waals surface area (Å²) in [6.45, 7) is 5.34. The minimum Gasteiger partial charge on any atom is -0.493 e. The molecule has 0 aromatic heterocycles. The number of nitrogens with zero attached hydrogens (tertiary/aromatic N) is 1. The monoisotopic (exact) mass is 388 g/mol. The number of ether oxygens (including phenoxy) is 2. The van der Waals surface area contributed by atoms with E-state index in [0.29, 0.717) is 11.1 Å². The second-order valence-electron chi connectivity index (χ2n) is 5.95. The fourth-order valence-corrected chi connectivity index (χ4v) is 2.72. The van der Waals surface area contributed by atoms with Crippen molar-refractivity contribution in [2.24, 2.45) is 0 Å². The first kappa shape index (κ1) is 20.7. The fourth-order valence-electron chi connectivity index (χ4n) is 2.72. The molecule has 9 nitrogen and oxygen atoms in total. The van der Waals surface area contributed by atoms with E-state index in [1.165, 1.54) is 19.2 Å². The van der Waals surface area contributed by atoms with Gasteiger partial charge >= 0.3 is 5.97 Å². The molecule has 2 aromatic rings. The Balaban J connectivity index is 2.52. The number of carbonyl (C=O) groups excluding carboxylic acids is 1. The van der Waals surface area contributed by atoms with E-state index in [4.69, 9.17) is 9.47 Å². The molecule has 0 atom stereocenters. The molecule has 0 aliphatic carbocycles. The Bertz CT molecular complexity index is 954. The third kappa shape index (κ3) is 4.20. The maximum atomic E-state index is 12.8. The number of hydrogen-bond donors (Lipinski definition) is 2. The molecule has 2 aromatic carbocycles. The van der Waals surface area contributed by atoms with Gasteiger partial charge in [0.2, 0.25) is 0 Å². The van der Waals surface area contributed by atoms with Crippen LogP contribution in [-0.2, 0) is 0 Å². The molecule has 0 radical (unpaired) electrons. The molecule has 0 bridgehead atoms. The molecule has 2 N–H and O–H groups in total. The van der Waals surface area contributed by atoms with Crippen molar-refractivity contribution in [3.63, 3.8) is 0 Å². The van der Waals surface area contributed by atoms with Crippen molar-refractivity contribution < 1.29 is 29.1 Å². The van der Waals surface area contributed by atoms with E-state index in [0.717, 1.165) is 6.07 Å². The summed E-state index contributed by atoms with van der Waals surface area (Å²) in [5, 5.41) is 23.2. The van der Waals surface area contributed by atoms with Gasteiger partial charge in [0.1, 0.15) is 5.56 Å². The number of rotatable bonds is 7. The SMILES string of the molecule is CCOc1cc(C(=O)Nc2cc(C(=O)O)c(C)cc2C)c([N+](=O)[O-])cc1OC. The number of methoxy groups -OCH3 is 1. The molecule has 9 heteroatoms. The van der Waals surface area contributed by atoms with Crippen molar-refractivity contribution in [1.29, 1.82) is 0 Å². The molecular formula is C19H20N2O7. The number of benzene rings is 2. The Labute approximate surface area is 161 Å². The van der Waals surface area contributed by atoms with Gasteiger partial charge in [0.15, 0.2) is 11.5 Å². The first-order valence-corrected chi connectivity index (χ1v) is 8.34. The number of nitro groups is 1. The Morgan fingerprint density at radius 1 is 1.11 bits per heavy atom. The second kappa shape index (κ2) is 8.38. The maximum absolute atomic E-state index is 12.8. The molecule has 0 heterocycles. The number of aromatic carboxylic acids is 1. The lowest BCUT2D eigenvalue weighted by atomic mass is 10.0. The molecule has 0 fully saturated rings. The van der Waals surface area contributed by atoms with Gasteiger partial charge in [-0.15, -0.1) is 0 Å². The highest BCUT2D eigenvalue weighted by Gasteiger charge is 2.25. The van der Waals surface area contributed by atoms with Gasteiger partial charge in [-0.2, -0.15) is 0 Å². The van der Waals surface area contributed by atoms with Gasteiger partial charge in [0, 0.05) is 11.8 Å². The number of hydrogen-bond acceptors (Lipinski definition) is 6. The van der Waals surface area contributed by atoms with Crippen molar-refractivity contribution >= 4 is 23.3 Å². The average Bonchev–Trinajstić information content (AvgIpc) is 2.63. The van der Waals surface area contributed by atoms with E-state index in [-0.39, 0.29) is 34.9 Å². The third-order valence-electron chi connectivity index (χ3n) is 4.07. The van der Waals surface area contributed by atoms with E-state index >= 15 is 0 Å². The average molecular weight is 388 g/mol. The van der Waals surface area contributed by atoms with E-state index < -0.39 is 22.5 Å². The number of carbonyl (C=O) groups is 2. The molecular weight excluding hydrogens is 368 g/mol. The molecule has 148 valence electrons. The van der Waals surface area contributed by atoms with Crippen LogP contribution in [0.25, 0.3) is 0 Å². The predicted molar refractivity (Wildman–Crippen MR) is 102 cm³/mol. The van der Waals surface area contributed by atoms with Crippen LogP contribution in [0.15, 0.2) is 24.3 Å². The highest BCUT2D eigenvalue weighted by molar-refractivity contribution is 6.08. The summed E-state index contributed by atoms with van der Waals surface area (Å²) in [5.41, 5.74) is 0.748. The van der Waals surface area contributed by atoms with Crippen LogP contribution in [0.4, 0.5) is 11.4 Å². The predicted octanol–water partition coefficient (Wildman–Crippen LogP) is 3.57. The van der Waals surface area contributed by atoms with Gasteiger partial charge in [-0.1, -0.05) is 6.07 Å². The smallest absolute Gasteiger partial charge is 0.336 e. The van der Waals surface area contributed by atoms with Crippen molar-refractivity contribution in [3.8, 4) is 11.5 Å². The zero-order valence-corrected chi connectivity index (χ0v) is 15.9. The van der Waals surface area contributed by atoms with Crippen LogP contribution in [-0.4, -0.2) is 35.6 Å². The number of anilines is 1. The van der Waals surface area contributed by atoms with Gasteiger partial charge < -0.3 is 19.9 Å². The minimum atomic E-state index is -1.14. The summed E-state index contributed by atoms with van der Waals surface area (Å²) < 4.78 is 10.5. The minimum absolute atomic E-state index is 0.0279. The lowest BCUT2D eigenvalue weighted by molar-refractivity contribution is -0.385. The van der Waals surface area contributed by atoms with Crippen molar-refractivity contribution in [1.82, 2.24) is 0 Å². The van der Waals surface area contributed by atoms with Crippen LogP contribution in [0, 0.1) is 24.0 Å². The quantitative estimate of drug-likeness (QED) is 0.548. The number of carboxylic acids is 1. The number of nitro benzene ring substituents is 1. The Hall–Kier alpha value is -3.62. The molecule has 0 aliphatic heterocycles. The highest BCUT2D eigenvalue weighted by atomic mass is 16.6. The van der Waals surface area contributed by atoms with Crippen molar-refractivity contribution in [2.75, 3.05) is 19.0 Å². The van der Waals surface area contributed by atoms with E-state index in [2.05, 4.69) is 5.32 Å². The summed E-state index contributed by atoms with van der Waals surface area (Å²) in [6, 6.07) is 5.29. The Morgan fingerprint density at radius 3 is 2.32 bits per heavy atom. The first-order chi connectivity index (χ1) is 13.2. The van der Waals surface area contributed by atoms with Crippen LogP contribution in [0.2, 0.25) is 0 Å².